The lowest BCUT2D eigenvalue weighted by Gasteiger charge is -2.05. The number of hydrogen-bond acceptors (Lipinski definition) is 4. The molecule has 2 aromatic heterocycles. The van der Waals surface area contributed by atoms with Crippen LogP contribution in [-0.4, -0.2) is 16.1 Å². The van der Waals surface area contributed by atoms with Crippen molar-refractivity contribution in [3.8, 4) is 0 Å². The van der Waals surface area contributed by atoms with Gasteiger partial charge in [0.25, 0.3) is 0 Å². The lowest BCUT2D eigenvalue weighted by Crippen LogP contribution is -2.13. The number of ether oxygens (including phenoxy) is 1. The van der Waals surface area contributed by atoms with E-state index in [-0.39, 0.29) is 6.61 Å². The minimum atomic E-state index is -0.524. The molecule has 1 amide bonds. The first kappa shape index (κ1) is 11.1. The second-order valence-electron chi connectivity index (χ2n) is 3.26. The van der Waals surface area contributed by atoms with Crippen LogP contribution in [0.4, 0.5) is 10.5 Å². The van der Waals surface area contributed by atoms with Gasteiger partial charge >= 0.3 is 6.09 Å². The van der Waals surface area contributed by atoms with Crippen molar-refractivity contribution in [3.63, 3.8) is 0 Å². The lowest BCUT2D eigenvalue weighted by molar-refractivity contribution is 0.153. The van der Waals surface area contributed by atoms with Crippen LogP contribution in [-0.2, 0) is 11.3 Å². The van der Waals surface area contributed by atoms with Crippen molar-refractivity contribution >= 4 is 11.8 Å². The van der Waals surface area contributed by atoms with Crippen LogP contribution in [0.25, 0.3) is 0 Å². The van der Waals surface area contributed by atoms with E-state index in [1.165, 1.54) is 0 Å². The van der Waals surface area contributed by atoms with Crippen LogP contribution in [0, 0.1) is 0 Å². The molecule has 0 unspecified atom stereocenters. The molecule has 0 aliphatic carbocycles. The van der Waals surface area contributed by atoms with Gasteiger partial charge in [-0.1, -0.05) is 6.07 Å². The summed E-state index contributed by atoms with van der Waals surface area (Å²) in [5.74, 6) is 0. The van der Waals surface area contributed by atoms with Gasteiger partial charge in [-0.15, -0.1) is 0 Å². The molecule has 0 aliphatic rings. The van der Waals surface area contributed by atoms with Crippen LogP contribution >= 0.6 is 0 Å². The third-order valence-electron chi connectivity index (χ3n) is 1.99. The SMILES string of the molecule is O=C(Nc1cccnc1)OCc1ccccn1. The number of nitrogens with zero attached hydrogens (tertiary/aromatic N) is 2. The number of carbonyl (C=O) groups excluding carboxylic acids is 1. The number of rotatable bonds is 3. The standard InChI is InChI=1S/C12H11N3O2/c16-12(15-10-5-3-6-13-8-10)17-9-11-4-1-2-7-14-11/h1-8H,9H2,(H,15,16). The average Bonchev–Trinajstić information content (AvgIpc) is 2.39. The second kappa shape index (κ2) is 5.60. The molecule has 5 heteroatoms. The minimum Gasteiger partial charge on any atom is -0.443 e. The van der Waals surface area contributed by atoms with Gasteiger partial charge in [-0.25, -0.2) is 4.79 Å². The molecule has 0 spiro atoms. The topological polar surface area (TPSA) is 64.1 Å². The van der Waals surface area contributed by atoms with E-state index in [0.29, 0.717) is 11.4 Å². The molecule has 2 heterocycles. The number of amides is 1. The number of carbonyl (C=O) groups is 1. The van der Waals surface area contributed by atoms with E-state index in [2.05, 4.69) is 15.3 Å². The summed E-state index contributed by atoms with van der Waals surface area (Å²) in [7, 11) is 0. The Bertz CT molecular complexity index is 474. The number of nitrogens with one attached hydrogen (secondary N) is 1. The van der Waals surface area contributed by atoms with Gasteiger partial charge in [0.1, 0.15) is 6.61 Å². The van der Waals surface area contributed by atoms with Gasteiger partial charge in [-0.2, -0.15) is 0 Å². The normalized spacial score (nSPS) is 9.65. The molecular weight excluding hydrogens is 218 g/mol. The maximum absolute atomic E-state index is 11.4. The van der Waals surface area contributed by atoms with Gasteiger partial charge in [0.15, 0.2) is 0 Å². The predicted molar refractivity (Wildman–Crippen MR) is 62.3 cm³/mol. The molecule has 0 atom stereocenters. The summed E-state index contributed by atoms with van der Waals surface area (Å²) in [6.45, 7) is 0.146. The zero-order valence-electron chi connectivity index (χ0n) is 9.04. The Labute approximate surface area is 98.5 Å². The Hall–Kier alpha value is -2.43. The molecule has 0 radical (unpaired) electrons. The van der Waals surface area contributed by atoms with Gasteiger partial charge < -0.3 is 4.74 Å². The third-order valence-corrected chi connectivity index (χ3v) is 1.99. The third kappa shape index (κ3) is 3.57. The van der Waals surface area contributed by atoms with Gasteiger partial charge in [0.05, 0.1) is 17.6 Å². The molecule has 0 saturated carbocycles. The monoisotopic (exact) mass is 229 g/mol. The summed E-state index contributed by atoms with van der Waals surface area (Å²) in [5.41, 5.74) is 1.30. The minimum absolute atomic E-state index is 0.146. The van der Waals surface area contributed by atoms with E-state index in [1.54, 1.807) is 42.9 Å². The highest BCUT2D eigenvalue weighted by molar-refractivity contribution is 5.84. The van der Waals surface area contributed by atoms with Gasteiger partial charge in [0, 0.05) is 12.4 Å². The molecule has 2 rings (SSSR count). The van der Waals surface area contributed by atoms with Crippen LogP contribution < -0.4 is 5.32 Å². The van der Waals surface area contributed by atoms with E-state index in [0.717, 1.165) is 0 Å². The first-order valence-electron chi connectivity index (χ1n) is 5.08. The van der Waals surface area contributed by atoms with Crippen molar-refractivity contribution in [3.05, 3.63) is 54.6 Å². The van der Waals surface area contributed by atoms with Crippen molar-refractivity contribution in [1.82, 2.24) is 9.97 Å². The maximum atomic E-state index is 11.4. The molecule has 0 aromatic carbocycles. The molecular formula is C12H11N3O2. The zero-order valence-corrected chi connectivity index (χ0v) is 9.04. The van der Waals surface area contributed by atoms with Gasteiger partial charge in [-0.3, -0.25) is 15.3 Å². The quantitative estimate of drug-likeness (QED) is 0.876. The Kier molecular flexibility index (Phi) is 3.64. The number of pyridine rings is 2. The van der Waals surface area contributed by atoms with E-state index in [4.69, 9.17) is 4.74 Å². The first-order chi connectivity index (χ1) is 8.34. The molecule has 0 aliphatic heterocycles. The van der Waals surface area contributed by atoms with Gasteiger partial charge in [-0.05, 0) is 24.3 Å². The molecule has 86 valence electrons. The van der Waals surface area contributed by atoms with Crippen LogP contribution in [0.5, 0.6) is 0 Å². The number of hydrogen-bond donors (Lipinski definition) is 1. The fourth-order valence-corrected chi connectivity index (χ4v) is 1.21. The molecule has 2 aromatic rings. The fourth-order valence-electron chi connectivity index (χ4n) is 1.21. The zero-order chi connectivity index (χ0) is 11.9. The smallest absolute Gasteiger partial charge is 0.412 e. The molecule has 0 fully saturated rings. The number of aromatic nitrogens is 2. The fraction of sp³-hybridized carbons (Fsp3) is 0.0833. The lowest BCUT2D eigenvalue weighted by atomic mass is 10.4. The van der Waals surface area contributed by atoms with Crippen LogP contribution in [0.2, 0.25) is 0 Å². The van der Waals surface area contributed by atoms with Crippen LogP contribution in [0.15, 0.2) is 48.9 Å². The van der Waals surface area contributed by atoms with Crippen molar-refractivity contribution in [2.45, 2.75) is 6.61 Å². The Morgan fingerprint density at radius 1 is 1.24 bits per heavy atom. The van der Waals surface area contributed by atoms with Crippen molar-refractivity contribution in [1.29, 1.82) is 0 Å². The maximum Gasteiger partial charge on any atom is 0.412 e. The Balaban J connectivity index is 1.83. The van der Waals surface area contributed by atoms with Gasteiger partial charge in [0.2, 0.25) is 0 Å². The average molecular weight is 229 g/mol. The molecule has 17 heavy (non-hydrogen) atoms. The molecule has 0 bridgehead atoms. The highest BCUT2D eigenvalue weighted by Gasteiger charge is 2.03. The molecule has 1 N–H and O–H groups in total. The van der Waals surface area contributed by atoms with E-state index < -0.39 is 6.09 Å². The number of anilines is 1. The van der Waals surface area contributed by atoms with E-state index >= 15 is 0 Å². The Morgan fingerprint density at radius 3 is 2.88 bits per heavy atom. The van der Waals surface area contributed by atoms with Crippen molar-refractivity contribution < 1.29 is 9.53 Å². The highest BCUT2D eigenvalue weighted by Crippen LogP contribution is 2.04. The van der Waals surface area contributed by atoms with E-state index in [9.17, 15) is 4.79 Å². The van der Waals surface area contributed by atoms with Crippen LogP contribution in [0.1, 0.15) is 5.69 Å². The summed E-state index contributed by atoms with van der Waals surface area (Å²) < 4.78 is 4.99. The Morgan fingerprint density at radius 2 is 2.18 bits per heavy atom. The summed E-state index contributed by atoms with van der Waals surface area (Å²) in [6, 6.07) is 8.89. The molecule has 5 nitrogen and oxygen atoms in total. The van der Waals surface area contributed by atoms with Crippen LogP contribution in [0.3, 0.4) is 0 Å². The second-order valence-corrected chi connectivity index (χ2v) is 3.26. The summed E-state index contributed by atoms with van der Waals surface area (Å²) >= 11 is 0. The predicted octanol–water partition coefficient (Wildman–Crippen LogP) is 2.23. The van der Waals surface area contributed by atoms with E-state index in [1.807, 2.05) is 6.07 Å². The first-order valence-corrected chi connectivity index (χ1v) is 5.08. The summed E-state index contributed by atoms with van der Waals surface area (Å²) in [4.78, 5) is 19.3. The largest absolute Gasteiger partial charge is 0.443 e. The highest BCUT2D eigenvalue weighted by atomic mass is 16.5. The summed E-state index contributed by atoms with van der Waals surface area (Å²) in [5, 5.41) is 2.56. The summed E-state index contributed by atoms with van der Waals surface area (Å²) in [6.07, 6.45) is 4.30. The van der Waals surface area contributed by atoms with Crippen molar-refractivity contribution in [2.24, 2.45) is 0 Å². The van der Waals surface area contributed by atoms with Crippen molar-refractivity contribution in [2.75, 3.05) is 5.32 Å². The molecule has 0 saturated heterocycles.